The molecule has 0 unspecified atom stereocenters. The van der Waals surface area contributed by atoms with Crippen LogP contribution < -0.4 is 10.6 Å². The van der Waals surface area contributed by atoms with Crippen LogP contribution in [0, 0.1) is 6.92 Å². The number of hydrogen-bond acceptors (Lipinski definition) is 3. The molecule has 4 heteroatoms. The smallest absolute Gasteiger partial charge is 0.253 e. The molecule has 1 aliphatic heterocycles. The molecule has 1 saturated heterocycles. The summed E-state index contributed by atoms with van der Waals surface area (Å²) in [7, 11) is 0. The van der Waals surface area contributed by atoms with Crippen LogP contribution in [0.15, 0.2) is 18.2 Å². The summed E-state index contributed by atoms with van der Waals surface area (Å²) in [5.74, 6) is -0.00551. The molecule has 0 bridgehead atoms. The summed E-state index contributed by atoms with van der Waals surface area (Å²) in [5, 5.41) is 6.43. The molecule has 1 amide bonds. The molecule has 2 N–H and O–H groups in total. The minimum atomic E-state index is -0.164. The molecule has 0 spiro atoms. The number of amides is 1. The van der Waals surface area contributed by atoms with E-state index in [1.54, 1.807) is 0 Å². The largest absolute Gasteiger partial charge is 0.385 e. The summed E-state index contributed by atoms with van der Waals surface area (Å²) in [4.78, 5) is 12.6. The first kappa shape index (κ1) is 14.9. The molecular weight excluding hydrogens is 252 g/mol. The van der Waals surface area contributed by atoms with Gasteiger partial charge in [0.25, 0.3) is 5.91 Å². The number of rotatable bonds is 4. The monoisotopic (exact) mass is 276 g/mol. The van der Waals surface area contributed by atoms with E-state index in [-0.39, 0.29) is 11.4 Å². The number of nitrogens with one attached hydrogen (secondary N) is 2. The van der Waals surface area contributed by atoms with Gasteiger partial charge in [-0.25, -0.2) is 0 Å². The average Bonchev–Trinajstić information content (AvgIpc) is 2.41. The van der Waals surface area contributed by atoms with Crippen molar-refractivity contribution in [1.29, 1.82) is 0 Å². The van der Waals surface area contributed by atoms with Crippen LogP contribution >= 0.6 is 0 Å². The van der Waals surface area contributed by atoms with Gasteiger partial charge in [0, 0.05) is 31.0 Å². The zero-order valence-electron chi connectivity index (χ0n) is 12.6. The van der Waals surface area contributed by atoms with E-state index in [9.17, 15) is 4.79 Å². The predicted octanol–water partition coefficient (Wildman–Crippen LogP) is 2.73. The van der Waals surface area contributed by atoms with E-state index in [1.165, 1.54) is 0 Å². The van der Waals surface area contributed by atoms with E-state index in [4.69, 9.17) is 4.74 Å². The molecule has 1 heterocycles. The molecule has 0 radical (unpaired) electrons. The fraction of sp³-hybridized carbons (Fsp3) is 0.562. The highest BCUT2D eigenvalue weighted by molar-refractivity contribution is 6.00. The van der Waals surface area contributed by atoms with Crippen LogP contribution in [0.2, 0.25) is 0 Å². The Morgan fingerprint density at radius 1 is 1.35 bits per heavy atom. The van der Waals surface area contributed by atoms with Crippen LogP contribution in [0.1, 0.15) is 42.6 Å². The Bertz CT molecular complexity index is 479. The Labute approximate surface area is 120 Å². The molecule has 2 rings (SSSR count). The molecule has 1 fully saturated rings. The second kappa shape index (κ2) is 6.27. The maximum absolute atomic E-state index is 12.6. The van der Waals surface area contributed by atoms with Gasteiger partial charge < -0.3 is 15.4 Å². The van der Waals surface area contributed by atoms with Gasteiger partial charge in [0.15, 0.2) is 0 Å². The lowest BCUT2D eigenvalue weighted by Gasteiger charge is -2.34. The van der Waals surface area contributed by atoms with Crippen molar-refractivity contribution in [3.63, 3.8) is 0 Å². The zero-order chi connectivity index (χ0) is 14.6. The maximum atomic E-state index is 12.6. The van der Waals surface area contributed by atoms with Crippen LogP contribution in [0.3, 0.4) is 0 Å². The summed E-state index contributed by atoms with van der Waals surface area (Å²) in [6.45, 7) is 8.35. The van der Waals surface area contributed by atoms with Gasteiger partial charge >= 0.3 is 0 Å². The second-order valence-corrected chi connectivity index (χ2v) is 5.71. The number of aryl methyl sites for hydroxylation is 1. The van der Waals surface area contributed by atoms with Crippen molar-refractivity contribution in [2.24, 2.45) is 0 Å². The van der Waals surface area contributed by atoms with E-state index in [2.05, 4.69) is 17.6 Å². The first-order valence-corrected chi connectivity index (χ1v) is 7.29. The van der Waals surface area contributed by atoms with Gasteiger partial charge in [-0.15, -0.1) is 0 Å². The Kier molecular flexibility index (Phi) is 4.65. The predicted molar refractivity (Wildman–Crippen MR) is 81.3 cm³/mol. The standard InChI is InChI=1S/C16H24N2O2/c1-4-17-14-6-5-12(2)11-13(14)15(19)18-16(3)7-9-20-10-8-16/h5-6,11,17H,4,7-10H2,1-3H3,(H,18,19). The lowest BCUT2D eigenvalue weighted by Crippen LogP contribution is -2.49. The van der Waals surface area contributed by atoms with E-state index < -0.39 is 0 Å². The van der Waals surface area contributed by atoms with Crippen molar-refractivity contribution in [1.82, 2.24) is 5.32 Å². The molecule has 20 heavy (non-hydrogen) atoms. The average molecular weight is 276 g/mol. The minimum Gasteiger partial charge on any atom is -0.385 e. The SMILES string of the molecule is CCNc1ccc(C)cc1C(=O)NC1(C)CCOCC1. The molecule has 4 nitrogen and oxygen atoms in total. The van der Waals surface area contributed by atoms with E-state index in [0.29, 0.717) is 13.2 Å². The first-order chi connectivity index (χ1) is 9.54. The Morgan fingerprint density at radius 2 is 2.05 bits per heavy atom. The van der Waals surface area contributed by atoms with Gasteiger partial charge in [0.1, 0.15) is 0 Å². The molecule has 0 atom stereocenters. The molecule has 1 aliphatic rings. The number of carbonyl (C=O) groups excluding carboxylic acids is 1. The minimum absolute atomic E-state index is 0.00551. The molecule has 0 aliphatic carbocycles. The summed E-state index contributed by atoms with van der Waals surface area (Å²) in [6, 6.07) is 5.93. The lowest BCUT2D eigenvalue weighted by molar-refractivity contribution is 0.0423. The van der Waals surface area contributed by atoms with Gasteiger partial charge in [-0.05, 0) is 45.7 Å². The Balaban J connectivity index is 2.17. The first-order valence-electron chi connectivity index (χ1n) is 7.29. The fourth-order valence-corrected chi connectivity index (χ4v) is 2.48. The number of ether oxygens (including phenoxy) is 1. The normalized spacial score (nSPS) is 17.6. The molecular formula is C16H24N2O2. The molecule has 1 aromatic rings. The van der Waals surface area contributed by atoms with E-state index in [0.717, 1.165) is 36.2 Å². The summed E-state index contributed by atoms with van der Waals surface area (Å²) in [6.07, 6.45) is 1.72. The Morgan fingerprint density at radius 3 is 2.70 bits per heavy atom. The van der Waals surface area contributed by atoms with Crippen molar-refractivity contribution >= 4 is 11.6 Å². The number of benzene rings is 1. The van der Waals surface area contributed by atoms with Crippen LogP contribution in [0.5, 0.6) is 0 Å². The Hall–Kier alpha value is -1.55. The topological polar surface area (TPSA) is 50.4 Å². The lowest BCUT2D eigenvalue weighted by atomic mass is 9.92. The van der Waals surface area contributed by atoms with Crippen molar-refractivity contribution in [2.75, 3.05) is 25.1 Å². The van der Waals surface area contributed by atoms with E-state index in [1.807, 2.05) is 32.0 Å². The van der Waals surface area contributed by atoms with Gasteiger partial charge in [0.2, 0.25) is 0 Å². The van der Waals surface area contributed by atoms with Crippen molar-refractivity contribution in [3.8, 4) is 0 Å². The number of hydrogen-bond donors (Lipinski definition) is 2. The highest BCUT2D eigenvalue weighted by atomic mass is 16.5. The third kappa shape index (κ3) is 3.51. The highest BCUT2D eigenvalue weighted by Crippen LogP contribution is 2.23. The van der Waals surface area contributed by atoms with Crippen LogP contribution in [0.4, 0.5) is 5.69 Å². The quantitative estimate of drug-likeness (QED) is 0.889. The fourth-order valence-electron chi connectivity index (χ4n) is 2.48. The van der Waals surface area contributed by atoms with Gasteiger partial charge in [-0.3, -0.25) is 4.79 Å². The maximum Gasteiger partial charge on any atom is 0.253 e. The number of carbonyl (C=O) groups is 1. The van der Waals surface area contributed by atoms with Crippen LogP contribution in [-0.4, -0.2) is 31.2 Å². The molecule has 0 aromatic heterocycles. The highest BCUT2D eigenvalue weighted by Gasteiger charge is 2.29. The van der Waals surface area contributed by atoms with Crippen LogP contribution in [-0.2, 0) is 4.74 Å². The summed E-state index contributed by atoms with van der Waals surface area (Å²) >= 11 is 0. The van der Waals surface area contributed by atoms with E-state index >= 15 is 0 Å². The molecule has 1 aromatic carbocycles. The number of anilines is 1. The van der Waals surface area contributed by atoms with Gasteiger partial charge in [-0.1, -0.05) is 11.6 Å². The summed E-state index contributed by atoms with van der Waals surface area (Å²) < 4.78 is 5.37. The molecule has 110 valence electrons. The third-order valence-electron chi connectivity index (χ3n) is 3.80. The van der Waals surface area contributed by atoms with Crippen molar-refractivity contribution in [2.45, 2.75) is 39.2 Å². The zero-order valence-corrected chi connectivity index (χ0v) is 12.6. The van der Waals surface area contributed by atoms with Gasteiger partial charge in [-0.2, -0.15) is 0 Å². The van der Waals surface area contributed by atoms with Crippen molar-refractivity contribution in [3.05, 3.63) is 29.3 Å². The van der Waals surface area contributed by atoms with Crippen molar-refractivity contribution < 1.29 is 9.53 Å². The summed E-state index contributed by atoms with van der Waals surface area (Å²) in [5.41, 5.74) is 2.54. The second-order valence-electron chi connectivity index (χ2n) is 5.71. The third-order valence-corrected chi connectivity index (χ3v) is 3.80. The van der Waals surface area contributed by atoms with Gasteiger partial charge in [0.05, 0.1) is 5.56 Å². The van der Waals surface area contributed by atoms with Crippen LogP contribution in [0.25, 0.3) is 0 Å². The molecule has 0 saturated carbocycles.